The molecule has 0 saturated carbocycles. The average Bonchev–Trinajstić information content (AvgIpc) is 3.24. The van der Waals surface area contributed by atoms with Crippen LogP contribution in [0, 0.1) is 11.8 Å². The molecule has 2 aliphatic heterocycles. The molecule has 1 aromatic carbocycles. The number of hydrogen-bond acceptors (Lipinski definition) is 10. The van der Waals surface area contributed by atoms with Crippen LogP contribution in [0.5, 0.6) is 0 Å². The highest BCUT2D eigenvalue weighted by Gasteiger charge is 2.54. The minimum atomic E-state index is -2.52. The second-order valence-electron chi connectivity index (χ2n) is 8.03. The van der Waals surface area contributed by atoms with Gasteiger partial charge in [-0.25, -0.2) is 4.79 Å². The summed E-state index contributed by atoms with van der Waals surface area (Å²) in [7, 11) is 0. The molecule has 1 aliphatic carbocycles. The van der Waals surface area contributed by atoms with E-state index in [1.54, 1.807) is 30.3 Å². The van der Waals surface area contributed by atoms with Crippen molar-refractivity contribution in [2.24, 2.45) is 11.8 Å². The predicted molar refractivity (Wildman–Crippen MR) is 106 cm³/mol. The zero-order valence-corrected chi connectivity index (χ0v) is 17.1. The summed E-state index contributed by atoms with van der Waals surface area (Å²) in [6, 6.07) is 8.57. The lowest BCUT2D eigenvalue weighted by atomic mass is 9.89. The Morgan fingerprint density at radius 1 is 1.12 bits per heavy atom. The fourth-order valence-electron chi connectivity index (χ4n) is 4.13. The van der Waals surface area contributed by atoms with Crippen molar-refractivity contribution in [3.63, 3.8) is 0 Å². The van der Waals surface area contributed by atoms with E-state index in [4.69, 9.17) is 18.9 Å². The standard InChI is InChI=1S/C22H26O10/c23-11-22(28)18(26)16(24)17(25)21(32-22)31-20-15-12(8-9-29-20)6-7-14(15)10-30-19(27)13-4-2-1-3-5-13/h1-5,7-9,12,15-18,20-21,23-26,28H,6,10-11H2. The molecule has 174 valence electrons. The molecule has 5 N–H and O–H groups in total. The second kappa shape index (κ2) is 9.28. The first-order valence-electron chi connectivity index (χ1n) is 10.3. The highest BCUT2D eigenvalue weighted by atomic mass is 16.8. The molecule has 0 bridgehead atoms. The number of benzene rings is 1. The summed E-state index contributed by atoms with van der Waals surface area (Å²) in [5, 5.41) is 49.8. The predicted octanol–water partition coefficient (Wildman–Crippen LogP) is -0.588. The molecule has 1 aromatic rings. The third-order valence-electron chi connectivity index (χ3n) is 5.98. The maximum atomic E-state index is 12.3. The molecule has 8 unspecified atom stereocenters. The molecule has 4 rings (SSSR count). The molecular weight excluding hydrogens is 424 g/mol. The molecule has 1 fully saturated rings. The van der Waals surface area contributed by atoms with Crippen LogP contribution < -0.4 is 0 Å². The van der Waals surface area contributed by atoms with Crippen LogP contribution in [0.2, 0.25) is 0 Å². The van der Waals surface area contributed by atoms with E-state index < -0.39 is 49.3 Å². The quantitative estimate of drug-likeness (QED) is 0.281. The number of ether oxygens (including phenoxy) is 4. The van der Waals surface area contributed by atoms with Crippen molar-refractivity contribution in [3.8, 4) is 0 Å². The summed E-state index contributed by atoms with van der Waals surface area (Å²) in [6.45, 7) is -1.03. The van der Waals surface area contributed by atoms with Gasteiger partial charge in [-0.1, -0.05) is 24.3 Å². The van der Waals surface area contributed by atoms with Gasteiger partial charge in [0.15, 0.2) is 6.29 Å². The zero-order chi connectivity index (χ0) is 22.9. The van der Waals surface area contributed by atoms with E-state index in [1.807, 2.05) is 12.2 Å². The molecule has 0 spiro atoms. The van der Waals surface area contributed by atoms with Crippen molar-refractivity contribution in [1.82, 2.24) is 0 Å². The number of esters is 1. The fourth-order valence-corrected chi connectivity index (χ4v) is 4.13. The Morgan fingerprint density at radius 2 is 1.88 bits per heavy atom. The molecule has 1 saturated heterocycles. The van der Waals surface area contributed by atoms with Crippen LogP contribution in [0.25, 0.3) is 0 Å². The van der Waals surface area contributed by atoms with Gasteiger partial charge in [-0.15, -0.1) is 0 Å². The Labute approximate surface area is 183 Å². The van der Waals surface area contributed by atoms with Crippen LogP contribution in [0.4, 0.5) is 0 Å². The zero-order valence-electron chi connectivity index (χ0n) is 17.1. The van der Waals surface area contributed by atoms with Gasteiger partial charge in [-0.2, -0.15) is 0 Å². The van der Waals surface area contributed by atoms with Gasteiger partial charge in [0.1, 0.15) is 24.9 Å². The summed E-state index contributed by atoms with van der Waals surface area (Å²) in [6.07, 6.45) is -2.23. The minimum absolute atomic E-state index is 0.00193. The Hall–Kier alpha value is -2.31. The number of allylic oxidation sites excluding steroid dienone is 2. The summed E-state index contributed by atoms with van der Waals surface area (Å²) in [4.78, 5) is 12.3. The lowest BCUT2D eigenvalue weighted by Gasteiger charge is -2.46. The van der Waals surface area contributed by atoms with Crippen molar-refractivity contribution in [2.75, 3.05) is 13.2 Å². The molecule has 2 heterocycles. The van der Waals surface area contributed by atoms with Crippen LogP contribution in [-0.4, -0.2) is 81.4 Å². The van der Waals surface area contributed by atoms with Crippen LogP contribution in [0.1, 0.15) is 16.8 Å². The summed E-state index contributed by atoms with van der Waals surface area (Å²) >= 11 is 0. The van der Waals surface area contributed by atoms with E-state index in [-0.39, 0.29) is 18.4 Å². The Kier molecular flexibility index (Phi) is 6.63. The number of carbonyl (C=O) groups excluding carboxylic acids is 1. The van der Waals surface area contributed by atoms with E-state index in [0.29, 0.717) is 12.0 Å². The van der Waals surface area contributed by atoms with Crippen molar-refractivity contribution in [1.29, 1.82) is 0 Å². The third-order valence-corrected chi connectivity index (χ3v) is 5.98. The first-order valence-corrected chi connectivity index (χ1v) is 10.3. The number of aliphatic hydroxyl groups is 5. The number of hydrogen-bond donors (Lipinski definition) is 5. The Bertz CT molecular complexity index is 871. The highest BCUT2D eigenvalue weighted by Crippen LogP contribution is 2.41. The SMILES string of the molecule is O=C(OCC1=CCC2C=COC(OC3OC(O)(CO)C(O)C(O)C3O)C12)c1ccccc1. The monoisotopic (exact) mass is 450 g/mol. The topological polar surface area (TPSA) is 155 Å². The summed E-state index contributed by atoms with van der Waals surface area (Å²) in [5.41, 5.74) is 1.17. The normalized spacial score (nSPS) is 38.5. The molecule has 0 amide bonds. The van der Waals surface area contributed by atoms with Crippen molar-refractivity contribution < 1.29 is 49.3 Å². The number of fused-ring (bicyclic) bond motifs is 1. The van der Waals surface area contributed by atoms with Crippen molar-refractivity contribution in [2.45, 2.75) is 43.1 Å². The maximum absolute atomic E-state index is 12.3. The molecular formula is C22H26O10. The maximum Gasteiger partial charge on any atom is 0.338 e. The highest BCUT2D eigenvalue weighted by molar-refractivity contribution is 5.89. The van der Waals surface area contributed by atoms with Gasteiger partial charge in [0.05, 0.1) is 24.4 Å². The summed E-state index contributed by atoms with van der Waals surface area (Å²) < 4.78 is 21.9. The number of aliphatic hydroxyl groups excluding tert-OH is 4. The lowest BCUT2D eigenvalue weighted by molar-refractivity contribution is -0.414. The van der Waals surface area contributed by atoms with Gasteiger partial charge in [0.2, 0.25) is 12.1 Å². The van der Waals surface area contributed by atoms with E-state index in [1.165, 1.54) is 6.26 Å². The van der Waals surface area contributed by atoms with Crippen LogP contribution in [-0.2, 0) is 18.9 Å². The van der Waals surface area contributed by atoms with E-state index in [9.17, 15) is 30.3 Å². The van der Waals surface area contributed by atoms with Crippen molar-refractivity contribution in [3.05, 3.63) is 59.9 Å². The van der Waals surface area contributed by atoms with Gasteiger partial charge in [0, 0.05) is 0 Å². The van der Waals surface area contributed by atoms with Crippen LogP contribution in [0.3, 0.4) is 0 Å². The first kappa shape index (κ1) is 22.9. The van der Waals surface area contributed by atoms with Crippen molar-refractivity contribution >= 4 is 5.97 Å². The van der Waals surface area contributed by atoms with Crippen LogP contribution in [0.15, 0.2) is 54.3 Å². The number of rotatable bonds is 6. The van der Waals surface area contributed by atoms with Gasteiger partial charge in [0.25, 0.3) is 0 Å². The Balaban J connectivity index is 1.44. The largest absolute Gasteiger partial charge is 0.472 e. The molecule has 3 aliphatic rings. The van der Waals surface area contributed by atoms with Gasteiger partial charge < -0.3 is 44.5 Å². The minimum Gasteiger partial charge on any atom is -0.472 e. The van der Waals surface area contributed by atoms with Gasteiger partial charge in [-0.05, 0) is 36.1 Å². The number of carbonyl (C=O) groups is 1. The molecule has 10 heteroatoms. The molecule has 10 nitrogen and oxygen atoms in total. The first-order chi connectivity index (χ1) is 15.3. The van der Waals surface area contributed by atoms with E-state index in [2.05, 4.69) is 0 Å². The average molecular weight is 450 g/mol. The second-order valence-corrected chi connectivity index (χ2v) is 8.03. The fraction of sp³-hybridized carbons (Fsp3) is 0.500. The van der Waals surface area contributed by atoms with Crippen LogP contribution >= 0.6 is 0 Å². The third kappa shape index (κ3) is 4.30. The smallest absolute Gasteiger partial charge is 0.338 e. The lowest BCUT2D eigenvalue weighted by Crippen LogP contribution is -2.67. The van der Waals surface area contributed by atoms with Gasteiger partial charge >= 0.3 is 5.97 Å². The molecule has 32 heavy (non-hydrogen) atoms. The van der Waals surface area contributed by atoms with Gasteiger partial charge in [-0.3, -0.25) is 0 Å². The van der Waals surface area contributed by atoms with E-state index >= 15 is 0 Å². The van der Waals surface area contributed by atoms with E-state index in [0.717, 1.165) is 5.57 Å². The molecule has 0 aromatic heterocycles. The molecule has 8 atom stereocenters. The molecule has 0 radical (unpaired) electrons. The summed E-state index contributed by atoms with van der Waals surface area (Å²) in [5.74, 6) is -3.40. The Morgan fingerprint density at radius 3 is 2.59 bits per heavy atom.